The molecule has 3 nitrogen and oxygen atoms in total. The predicted molar refractivity (Wildman–Crippen MR) is 68.0 cm³/mol. The lowest BCUT2D eigenvalue weighted by Crippen LogP contribution is -2.01. The Hall–Kier alpha value is -2.03. The summed E-state index contributed by atoms with van der Waals surface area (Å²) in [5.74, 6) is 0.535. The van der Waals surface area contributed by atoms with Crippen LogP contribution in [-0.4, -0.2) is 4.98 Å². The molecule has 3 heteroatoms. The van der Waals surface area contributed by atoms with Gasteiger partial charge >= 0.3 is 0 Å². The first kappa shape index (κ1) is 10.5. The van der Waals surface area contributed by atoms with Crippen LogP contribution in [0.15, 0.2) is 30.5 Å². The first-order valence-corrected chi connectivity index (χ1v) is 5.18. The summed E-state index contributed by atoms with van der Waals surface area (Å²) < 4.78 is 0. The van der Waals surface area contributed by atoms with Gasteiger partial charge < -0.3 is 11.5 Å². The van der Waals surface area contributed by atoms with Gasteiger partial charge in [-0.25, -0.2) is 4.98 Å². The fourth-order valence-electron chi connectivity index (χ4n) is 1.86. The Bertz CT molecular complexity index is 533. The molecule has 0 unspecified atom stereocenters. The quantitative estimate of drug-likeness (QED) is 0.765. The van der Waals surface area contributed by atoms with E-state index in [-0.39, 0.29) is 0 Å². The van der Waals surface area contributed by atoms with Crippen molar-refractivity contribution < 1.29 is 0 Å². The normalized spacial score (nSPS) is 10.4. The molecule has 0 saturated carbocycles. The maximum atomic E-state index is 5.97. The maximum absolute atomic E-state index is 5.97. The van der Waals surface area contributed by atoms with Gasteiger partial charge in [0.1, 0.15) is 5.82 Å². The number of rotatable bonds is 1. The minimum absolute atomic E-state index is 0.535. The maximum Gasteiger partial charge on any atom is 0.127 e. The Kier molecular flexibility index (Phi) is 2.52. The molecule has 0 radical (unpaired) electrons. The fourth-order valence-corrected chi connectivity index (χ4v) is 1.86. The molecular weight excluding hydrogens is 198 g/mol. The van der Waals surface area contributed by atoms with Crippen LogP contribution < -0.4 is 11.5 Å². The number of nitrogens with two attached hydrogens (primary N) is 2. The molecule has 0 aliphatic carbocycles. The van der Waals surface area contributed by atoms with E-state index in [1.807, 2.05) is 25.1 Å². The molecule has 0 aliphatic rings. The van der Waals surface area contributed by atoms with Crippen molar-refractivity contribution in [3.05, 3.63) is 41.6 Å². The summed E-state index contributed by atoms with van der Waals surface area (Å²) >= 11 is 0. The van der Waals surface area contributed by atoms with Crippen molar-refractivity contribution in [2.24, 2.45) is 0 Å². The number of pyridine rings is 1. The van der Waals surface area contributed by atoms with Gasteiger partial charge in [-0.05, 0) is 25.0 Å². The number of anilines is 2. The molecule has 2 aromatic rings. The van der Waals surface area contributed by atoms with Crippen molar-refractivity contribution in [1.82, 2.24) is 4.98 Å². The lowest BCUT2D eigenvalue weighted by atomic mass is 9.96. The monoisotopic (exact) mass is 213 g/mol. The van der Waals surface area contributed by atoms with E-state index in [9.17, 15) is 0 Å². The molecule has 2 rings (SSSR count). The van der Waals surface area contributed by atoms with E-state index in [0.717, 1.165) is 16.7 Å². The first-order chi connectivity index (χ1) is 7.61. The van der Waals surface area contributed by atoms with Crippen molar-refractivity contribution in [3.8, 4) is 11.1 Å². The highest BCUT2D eigenvalue weighted by Gasteiger charge is 2.11. The van der Waals surface area contributed by atoms with Crippen LogP contribution in [0.4, 0.5) is 11.5 Å². The second kappa shape index (κ2) is 3.85. The predicted octanol–water partition coefficient (Wildman–Crippen LogP) is 2.53. The zero-order valence-corrected chi connectivity index (χ0v) is 9.49. The number of aromatic nitrogens is 1. The summed E-state index contributed by atoms with van der Waals surface area (Å²) in [7, 11) is 0. The largest absolute Gasteiger partial charge is 0.397 e. The van der Waals surface area contributed by atoms with Crippen LogP contribution in [0.3, 0.4) is 0 Å². The summed E-state index contributed by atoms with van der Waals surface area (Å²) in [5.41, 5.74) is 16.7. The Labute approximate surface area is 95.1 Å². The van der Waals surface area contributed by atoms with E-state index in [1.54, 1.807) is 6.20 Å². The minimum atomic E-state index is 0.535. The topological polar surface area (TPSA) is 64.9 Å². The highest BCUT2D eigenvalue weighted by molar-refractivity contribution is 5.83. The molecule has 1 aromatic heterocycles. The average molecular weight is 213 g/mol. The van der Waals surface area contributed by atoms with Crippen LogP contribution >= 0.6 is 0 Å². The van der Waals surface area contributed by atoms with Gasteiger partial charge in [0.25, 0.3) is 0 Å². The Morgan fingerprint density at radius 3 is 2.44 bits per heavy atom. The summed E-state index contributed by atoms with van der Waals surface area (Å²) in [6, 6.07) is 8.12. The number of nitrogens with zero attached hydrogens (tertiary/aromatic N) is 1. The molecule has 0 saturated heterocycles. The van der Waals surface area contributed by atoms with E-state index in [4.69, 9.17) is 11.5 Å². The standard InChI is InChI=1S/C13H15N3/c1-8-5-3-4-6-10(8)12-9(2)13(15)16-7-11(12)14/h3-7H,14H2,1-2H3,(H2,15,16). The second-order valence-electron chi connectivity index (χ2n) is 3.91. The van der Waals surface area contributed by atoms with Crippen molar-refractivity contribution >= 4 is 11.5 Å². The van der Waals surface area contributed by atoms with Gasteiger partial charge in [-0.1, -0.05) is 24.3 Å². The van der Waals surface area contributed by atoms with Gasteiger partial charge in [-0.3, -0.25) is 0 Å². The first-order valence-electron chi connectivity index (χ1n) is 5.18. The number of hydrogen-bond donors (Lipinski definition) is 2. The summed E-state index contributed by atoms with van der Waals surface area (Å²) in [6.07, 6.45) is 1.62. The van der Waals surface area contributed by atoms with Gasteiger partial charge in [-0.2, -0.15) is 0 Å². The molecule has 0 bridgehead atoms. The number of nitrogen functional groups attached to an aromatic ring is 2. The molecule has 0 fully saturated rings. The molecular formula is C13H15N3. The molecule has 0 amide bonds. The van der Waals surface area contributed by atoms with Crippen LogP contribution in [0.25, 0.3) is 11.1 Å². The van der Waals surface area contributed by atoms with Crippen LogP contribution in [0.1, 0.15) is 11.1 Å². The lowest BCUT2D eigenvalue weighted by Gasteiger charge is -2.13. The number of aryl methyl sites for hydroxylation is 1. The van der Waals surface area contributed by atoms with Gasteiger partial charge in [0, 0.05) is 11.1 Å². The summed E-state index contributed by atoms with van der Waals surface area (Å²) in [5, 5.41) is 0. The minimum Gasteiger partial charge on any atom is -0.397 e. The Morgan fingerprint density at radius 2 is 1.75 bits per heavy atom. The molecule has 4 N–H and O–H groups in total. The van der Waals surface area contributed by atoms with Crippen molar-refractivity contribution in [2.45, 2.75) is 13.8 Å². The van der Waals surface area contributed by atoms with E-state index in [1.165, 1.54) is 5.56 Å². The van der Waals surface area contributed by atoms with E-state index >= 15 is 0 Å². The number of hydrogen-bond acceptors (Lipinski definition) is 3. The third-order valence-corrected chi connectivity index (χ3v) is 2.81. The molecule has 82 valence electrons. The molecule has 16 heavy (non-hydrogen) atoms. The molecule has 0 aliphatic heterocycles. The zero-order chi connectivity index (χ0) is 11.7. The zero-order valence-electron chi connectivity index (χ0n) is 9.49. The van der Waals surface area contributed by atoms with E-state index in [2.05, 4.69) is 18.0 Å². The van der Waals surface area contributed by atoms with E-state index < -0.39 is 0 Å². The van der Waals surface area contributed by atoms with Crippen LogP contribution in [-0.2, 0) is 0 Å². The van der Waals surface area contributed by atoms with Gasteiger partial charge in [-0.15, -0.1) is 0 Å². The highest BCUT2D eigenvalue weighted by atomic mass is 14.8. The third-order valence-electron chi connectivity index (χ3n) is 2.81. The summed E-state index contributed by atoms with van der Waals surface area (Å²) in [4.78, 5) is 4.05. The smallest absolute Gasteiger partial charge is 0.127 e. The third kappa shape index (κ3) is 1.60. The van der Waals surface area contributed by atoms with Crippen LogP contribution in [0.5, 0.6) is 0 Å². The SMILES string of the molecule is Cc1ccccc1-c1c(N)cnc(N)c1C. The van der Waals surface area contributed by atoms with Crippen molar-refractivity contribution in [3.63, 3.8) is 0 Å². The molecule has 0 spiro atoms. The van der Waals surface area contributed by atoms with Gasteiger partial charge in [0.2, 0.25) is 0 Å². The van der Waals surface area contributed by atoms with E-state index in [0.29, 0.717) is 11.5 Å². The van der Waals surface area contributed by atoms with Crippen molar-refractivity contribution in [2.75, 3.05) is 11.5 Å². The molecule has 1 aromatic carbocycles. The van der Waals surface area contributed by atoms with Gasteiger partial charge in [0.15, 0.2) is 0 Å². The molecule has 0 atom stereocenters. The van der Waals surface area contributed by atoms with Crippen LogP contribution in [0, 0.1) is 13.8 Å². The fraction of sp³-hybridized carbons (Fsp3) is 0.154. The van der Waals surface area contributed by atoms with Gasteiger partial charge in [0.05, 0.1) is 11.9 Å². The van der Waals surface area contributed by atoms with Crippen LogP contribution in [0.2, 0.25) is 0 Å². The van der Waals surface area contributed by atoms with Crippen molar-refractivity contribution in [1.29, 1.82) is 0 Å². The summed E-state index contributed by atoms with van der Waals surface area (Å²) in [6.45, 7) is 4.01. The molecule has 1 heterocycles. The Balaban J connectivity index is 2.74. The lowest BCUT2D eigenvalue weighted by molar-refractivity contribution is 1.28. The highest BCUT2D eigenvalue weighted by Crippen LogP contribution is 2.33. The Morgan fingerprint density at radius 1 is 1.06 bits per heavy atom. The second-order valence-corrected chi connectivity index (χ2v) is 3.91. The average Bonchev–Trinajstić information content (AvgIpc) is 2.27. The number of benzene rings is 1.